The monoisotopic (exact) mass is 189 g/mol. The van der Waals surface area contributed by atoms with Crippen molar-refractivity contribution in [3.8, 4) is 0 Å². The second-order valence-corrected chi connectivity index (χ2v) is 2.26. The fourth-order valence-corrected chi connectivity index (χ4v) is 0.936. The molecule has 3 nitrogen and oxygen atoms in total. The molecule has 1 rings (SSSR count). The first-order chi connectivity index (χ1) is 6.29. The molecule has 0 unspecified atom stereocenters. The second-order valence-electron chi connectivity index (χ2n) is 2.26. The molecule has 1 atom stereocenters. The van der Waals surface area contributed by atoms with E-state index in [4.69, 9.17) is 4.74 Å². The van der Waals surface area contributed by atoms with Crippen molar-refractivity contribution >= 4 is 5.91 Å². The van der Waals surface area contributed by atoms with Gasteiger partial charge >= 0.3 is 0 Å². The largest absolute Gasteiger partial charge is 0.379 e. The molecule has 1 saturated heterocycles. The molecule has 13 heavy (non-hydrogen) atoms. The fraction of sp³-hybridized carbons (Fsp3) is 0.900. The van der Waals surface area contributed by atoms with Crippen molar-refractivity contribution in [1.29, 1.82) is 0 Å². The molecular weight excluding hydrogens is 166 g/mol. The Morgan fingerprint density at radius 2 is 1.85 bits per heavy atom. The molecule has 0 aromatic heterocycles. The van der Waals surface area contributed by atoms with E-state index < -0.39 is 0 Å². The molecule has 0 radical (unpaired) electrons. The number of nitrogens with one attached hydrogen (secondary N) is 1. The van der Waals surface area contributed by atoms with E-state index in [1.54, 1.807) is 0 Å². The van der Waals surface area contributed by atoms with E-state index in [0.29, 0.717) is 6.61 Å². The number of ether oxygens (including phenoxy) is 1. The summed E-state index contributed by atoms with van der Waals surface area (Å²) in [6, 6.07) is 0.266. The van der Waals surface area contributed by atoms with Crippen LogP contribution in [0.5, 0.6) is 0 Å². The molecule has 3 heteroatoms. The molecule has 1 fully saturated rings. The Morgan fingerprint density at radius 3 is 2.15 bits per heavy atom. The van der Waals surface area contributed by atoms with Crippen molar-refractivity contribution in [2.75, 3.05) is 13.2 Å². The van der Waals surface area contributed by atoms with Gasteiger partial charge in [0.1, 0.15) is 0 Å². The summed E-state index contributed by atoms with van der Waals surface area (Å²) in [6.07, 6.45) is 0.958. The van der Waals surface area contributed by atoms with Gasteiger partial charge in [0.15, 0.2) is 0 Å². The van der Waals surface area contributed by atoms with Crippen molar-refractivity contribution < 1.29 is 9.53 Å². The highest BCUT2D eigenvalue weighted by atomic mass is 16.5. The highest BCUT2D eigenvalue weighted by Gasteiger charge is 2.15. The van der Waals surface area contributed by atoms with E-state index in [1.165, 1.54) is 6.92 Å². The summed E-state index contributed by atoms with van der Waals surface area (Å²) in [7, 11) is 0. The maximum atomic E-state index is 10.4. The highest BCUT2D eigenvalue weighted by molar-refractivity contribution is 5.73. The van der Waals surface area contributed by atoms with Crippen molar-refractivity contribution in [1.82, 2.24) is 5.32 Å². The van der Waals surface area contributed by atoms with Crippen LogP contribution in [-0.2, 0) is 9.53 Å². The van der Waals surface area contributed by atoms with Gasteiger partial charge in [-0.1, -0.05) is 27.7 Å². The maximum Gasteiger partial charge on any atom is 0.217 e. The predicted octanol–water partition coefficient (Wildman–Crippen LogP) is 1.96. The van der Waals surface area contributed by atoms with Crippen LogP contribution in [0.1, 0.15) is 41.0 Å². The Hall–Kier alpha value is -0.570. The minimum Gasteiger partial charge on any atom is -0.379 e. The van der Waals surface area contributed by atoms with Gasteiger partial charge in [-0.25, -0.2) is 0 Å². The summed E-state index contributed by atoms with van der Waals surface area (Å²) in [5.74, 6) is 0.0329. The van der Waals surface area contributed by atoms with Gasteiger partial charge in [0.2, 0.25) is 5.91 Å². The zero-order chi connectivity index (χ0) is 10.7. The molecule has 0 aliphatic carbocycles. The summed E-state index contributed by atoms with van der Waals surface area (Å²) in [4.78, 5) is 10.4. The Morgan fingerprint density at radius 1 is 1.31 bits per heavy atom. The Bertz CT molecular complexity index is 109. The van der Waals surface area contributed by atoms with Gasteiger partial charge in [-0.05, 0) is 6.42 Å². The molecule has 80 valence electrons. The lowest BCUT2D eigenvalue weighted by Crippen LogP contribution is -2.32. The molecule has 0 bridgehead atoms. The third-order valence-corrected chi connectivity index (χ3v) is 1.34. The standard InChI is InChI=1S/C6H11NO2.2C2H6/c1-5(8)7-6-2-3-9-4-6;2*1-2/h6H,2-4H2,1H3,(H,7,8);2*1-2H3/t6-;;/m1../s1. The highest BCUT2D eigenvalue weighted by Crippen LogP contribution is 2.02. The Kier molecular flexibility index (Phi) is 13.1. The van der Waals surface area contributed by atoms with E-state index in [-0.39, 0.29) is 11.9 Å². The lowest BCUT2D eigenvalue weighted by molar-refractivity contribution is -0.119. The lowest BCUT2D eigenvalue weighted by atomic mass is 10.3. The number of amides is 1. The zero-order valence-electron chi connectivity index (χ0n) is 9.52. The molecular formula is C10H23NO2. The number of hydrogen-bond donors (Lipinski definition) is 1. The normalized spacial score (nSPS) is 19.0. The smallest absolute Gasteiger partial charge is 0.217 e. The minimum absolute atomic E-state index is 0.0329. The first-order valence-corrected chi connectivity index (χ1v) is 5.14. The molecule has 0 saturated carbocycles. The molecule has 1 heterocycles. The average Bonchev–Trinajstić information content (AvgIpc) is 2.63. The van der Waals surface area contributed by atoms with Gasteiger partial charge in [-0.2, -0.15) is 0 Å². The molecule has 1 N–H and O–H groups in total. The van der Waals surface area contributed by atoms with Crippen LogP contribution in [0.3, 0.4) is 0 Å². The summed E-state index contributed by atoms with van der Waals surface area (Å²) in [5, 5.41) is 2.78. The van der Waals surface area contributed by atoms with Gasteiger partial charge < -0.3 is 10.1 Å². The molecule has 0 aromatic rings. The van der Waals surface area contributed by atoms with Crippen molar-refractivity contribution in [3.05, 3.63) is 0 Å². The van der Waals surface area contributed by atoms with Crippen LogP contribution in [0.4, 0.5) is 0 Å². The van der Waals surface area contributed by atoms with Crippen LogP contribution in [0.2, 0.25) is 0 Å². The van der Waals surface area contributed by atoms with Gasteiger partial charge in [0.25, 0.3) is 0 Å². The van der Waals surface area contributed by atoms with Gasteiger partial charge in [0, 0.05) is 13.5 Å². The van der Waals surface area contributed by atoms with E-state index in [2.05, 4.69) is 5.32 Å². The lowest BCUT2D eigenvalue weighted by Gasteiger charge is -2.06. The molecule has 0 spiro atoms. The van der Waals surface area contributed by atoms with Crippen molar-refractivity contribution in [2.24, 2.45) is 0 Å². The van der Waals surface area contributed by atoms with Crippen LogP contribution < -0.4 is 5.32 Å². The van der Waals surface area contributed by atoms with Crippen LogP contribution >= 0.6 is 0 Å². The van der Waals surface area contributed by atoms with Gasteiger partial charge in [-0.3, -0.25) is 4.79 Å². The third-order valence-electron chi connectivity index (χ3n) is 1.34. The first-order valence-electron chi connectivity index (χ1n) is 5.14. The molecule has 0 aromatic carbocycles. The van der Waals surface area contributed by atoms with Crippen LogP contribution in [0.15, 0.2) is 0 Å². The Balaban J connectivity index is 0. The number of carbonyl (C=O) groups is 1. The zero-order valence-corrected chi connectivity index (χ0v) is 9.52. The topological polar surface area (TPSA) is 38.3 Å². The number of hydrogen-bond acceptors (Lipinski definition) is 2. The summed E-state index contributed by atoms with van der Waals surface area (Å²) >= 11 is 0. The summed E-state index contributed by atoms with van der Waals surface area (Å²) in [5.41, 5.74) is 0. The summed E-state index contributed by atoms with van der Waals surface area (Å²) in [6.45, 7) is 11.0. The first kappa shape index (κ1) is 14.9. The van der Waals surface area contributed by atoms with Crippen molar-refractivity contribution in [3.63, 3.8) is 0 Å². The van der Waals surface area contributed by atoms with Gasteiger partial charge in [-0.15, -0.1) is 0 Å². The Labute approximate surface area is 81.9 Å². The molecule has 1 amide bonds. The van der Waals surface area contributed by atoms with E-state index in [1.807, 2.05) is 27.7 Å². The van der Waals surface area contributed by atoms with E-state index in [9.17, 15) is 4.79 Å². The number of rotatable bonds is 1. The minimum atomic E-state index is 0.0329. The van der Waals surface area contributed by atoms with E-state index >= 15 is 0 Å². The maximum absolute atomic E-state index is 10.4. The van der Waals surface area contributed by atoms with Gasteiger partial charge in [0.05, 0.1) is 12.6 Å². The fourth-order valence-electron chi connectivity index (χ4n) is 0.936. The SMILES string of the molecule is CC.CC.CC(=O)N[C@@H]1CCOC1. The second kappa shape index (κ2) is 11.4. The van der Waals surface area contributed by atoms with Crippen LogP contribution in [0, 0.1) is 0 Å². The summed E-state index contributed by atoms with van der Waals surface area (Å²) < 4.78 is 5.04. The quantitative estimate of drug-likeness (QED) is 0.685. The average molecular weight is 189 g/mol. The molecule has 1 aliphatic rings. The molecule has 1 aliphatic heterocycles. The van der Waals surface area contributed by atoms with Crippen LogP contribution in [0.25, 0.3) is 0 Å². The van der Waals surface area contributed by atoms with E-state index in [0.717, 1.165) is 13.0 Å². The predicted molar refractivity (Wildman–Crippen MR) is 55.7 cm³/mol. The van der Waals surface area contributed by atoms with Crippen molar-refractivity contribution in [2.45, 2.75) is 47.1 Å². The van der Waals surface area contributed by atoms with Crippen LogP contribution in [-0.4, -0.2) is 25.2 Å². The third kappa shape index (κ3) is 9.34. The number of carbonyl (C=O) groups excluding carboxylic acids is 1.